The minimum Gasteiger partial charge on any atom is -0.336 e. The second kappa shape index (κ2) is 3.13. The number of hydrogen-bond donors (Lipinski definition) is 1. The molecule has 5 nitrogen and oxygen atoms in total. The SMILES string of the molecule is O=Cc1ccc2c(c1)C1(OCCO1)C(=O)N2. The molecule has 1 aromatic rings. The van der Waals surface area contributed by atoms with Gasteiger partial charge >= 0.3 is 0 Å². The van der Waals surface area contributed by atoms with E-state index < -0.39 is 5.79 Å². The fourth-order valence-corrected chi connectivity index (χ4v) is 2.04. The van der Waals surface area contributed by atoms with Gasteiger partial charge in [0.2, 0.25) is 0 Å². The number of carbonyl (C=O) groups excluding carboxylic acids is 2. The van der Waals surface area contributed by atoms with Gasteiger partial charge in [-0.2, -0.15) is 0 Å². The van der Waals surface area contributed by atoms with Gasteiger partial charge < -0.3 is 14.8 Å². The molecule has 3 rings (SSSR count). The molecule has 0 unspecified atom stereocenters. The Kier molecular flexibility index (Phi) is 1.86. The summed E-state index contributed by atoms with van der Waals surface area (Å²) in [7, 11) is 0. The lowest BCUT2D eigenvalue weighted by Crippen LogP contribution is -2.35. The van der Waals surface area contributed by atoms with Crippen molar-refractivity contribution in [2.75, 3.05) is 18.5 Å². The lowest BCUT2D eigenvalue weighted by molar-refractivity contribution is -0.178. The van der Waals surface area contributed by atoms with Crippen LogP contribution in [0, 0.1) is 0 Å². The zero-order valence-electron chi connectivity index (χ0n) is 8.36. The van der Waals surface area contributed by atoms with Gasteiger partial charge in [0, 0.05) is 11.1 Å². The molecule has 2 aliphatic heterocycles. The van der Waals surface area contributed by atoms with Crippen molar-refractivity contribution in [2.24, 2.45) is 0 Å². The van der Waals surface area contributed by atoms with Crippen LogP contribution in [0.2, 0.25) is 0 Å². The number of rotatable bonds is 1. The quantitative estimate of drug-likeness (QED) is 0.704. The number of benzene rings is 1. The van der Waals surface area contributed by atoms with Gasteiger partial charge in [-0.3, -0.25) is 9.59 Å². The molecule has 0 atom stereocenters. The molecule has 5 heteroatoms. The van der Waals surface area contributed by atoms with Crippen LogP contribution in [0.1, 0.15) is 15.9 Å². The summed E-state index contributed by atoms with van der Waals surface area (Å²) in [4.78, 5) is 22.5. The van der Waals surface area contributed by atoms with Crippen molar-refractivity contribution in [3.05, 3.63) is 29.3 Å². The van der Waals surface area contributed by atoms with Gasteiger partial charge in [-0.05, 0) is 18.2 Å². The van der Waals surface area contributed by atoms with Crippen LogP contribution < -0.4 is 5.32 Å². The highest BCUT2D eigenvalue weighted by Gasteiger charge is 2.52. The van der Waals surface area contributed by atoms with E-state index >= 15 is 0 Å². The summed E-state index contributed by atoms with van der Waals surface area (Å²) in [6.07, 6.45) is 0.728. The number of hydrogen-bond acceptors (Lipinski definition) is 4. The molecule has 0 bridgehead atoms. The molecule has 1 N–H and O–H groups in total. The Bertz CT molecular complexity index is 477. The van der Waals surface area contributed by atoms with E-state index in [1.165, 1.54) is 0 Å². The van der Waals surface area contributed by atoms with Crippen molar-refractivity contribution in [2.45, 2.75) is 5.79 Å². The molecule has 1 saturated heterocycles. The molecule has 1 aromatic carbocycles. The van der Waals surface area contributed by atoms with Crippen LogP contribution in [0.3, 0.4) is 0 Å². The van der Waals surface area contributed by atoms with Crippen molar-refractivity contribution >= 4 is 17.9 Å². The van der Waals surface area contributed by atoms with Gasteiger partial charge in [0.05, 0.1) is 18.9 Å². The second-order valence-corrected chi connectivity index (χ2v) is 3.69. The number of anilines is 1. The monoisotopic (exact) mass is 219 g/mol. The van der Waals surface area contributed by atoms with E-state index in [0.29, 0.717) is 30.0 Å². The van der Waals surface area contributed by atoms with Crippen molar-refractivity contribution in [1.29, 1.82) is 0 Å². The molecule has 2 aliphatic rings. The third-order valence-electron chi connectivity index (χ3n) is 2.78. The van der Waals surface area contributed by atoms with E-state index in [9.17, 15) is 9.59 Å². The summed E-state index contributed by atoms with van der Waals surface area (Å²) in [5.74, 6) is -1.67. The van der Waals surface area contributed by atoms with Crippen LogP contribution in [0.5, 0.6) is 0 Å². The van der Waals surface area contributed by atoms with Crippen LogP contribution in [-0.2, 0) is 20.1 Å². The van der Waals surface area contributed by atoms with Crippen LogP contribution >= 0.6 is 0 Å². The van der Waals surface area contributed by atoms with E-state index in [2.05, 4.69) is 5.32 Å². The van der Waals surface area contributed by atoms with Crippen molar-refractivity contribution in [1.82, 2.24) is 0 Å². The van der Waals surface area contributed by atoms with E-state index in [-0.39, 0.29) is 5.91 Å². The van der Waals surface area contributed by atoms with Gasteiger partial charge in [-0.25, -0.2) is 0 Å². The van der Waals surface area contributed by atoms with Gasteiger partial charge in [0.25, 0.3) is 11.7 Å². The fourth-order valence-electron chi connectivity index (χ4n) is 2.04. The zero-order valence-corrected chi connectivity index (χ0v) is 8.36. The maximum Gasteiger partial charge on any atom is 0.289 e. The molecular weight excluding hydrogens is 210 g/mol. The summed E-state index contributed by atoms with van der Waals surface area (Å²) >= 11 is 0. The molecule has 0 saturated carbocycles. The maximum atomic E-state index is 11.8. The third-order valence-corrected chi connectivity index (χ3v) is 2.78. The molecule has 16 heavy (non-hydrogen) atoms. The average molecular weight is 219 g/mol. The molecule has 0 aromatic heterocycles. The second-order valence-electron chi connectivity index (χ2n) is 3.69. The van der Waals surface area contributed by atoms with Crippen molar-refractivity contribution in [3.8, 4) is 0 Å². The first-order valence-corrected chi connectivity index (χ1v) is 4.95. The Morgan fingerprint density at radius 2 is 2.06 bits per heavy atom. The van der Waals surface area contributed by atoms with Gasteiger partial charge in [0.15, 0.2) is 0 Å². The molecule has 0 radical (unpaired) electrons. The number of ether oxygens (including phenoxy) is 2. The van der Waals surface area contributed by atoms with Crippen LogP contribution in [0.15, 0.2) is 18.2 Å². The van der Waals surface area contributed by atoms with Crippen molar-refractivity contribution in [3.63, 3.8) is 0 Å². The Morgan fingerprint density at radius 1 is 1.31 bits per heavy atom. The smallest absolute Gasteiger partial charge is 0.289 e. The van der Waals surface area contributed by atoms with Crippen LogP contribution in [0.25, 0.3) is 0 Å². The first-order valence-electron chi connectivity index (χ1n) is 4.95. The molecule has 1 fully saturated rings. The van der Waals surface area contributed by atoms with Crippen molar-refractivity contribution < 1.29 is 19.1 Å². The van der Waals surface area contributed by atoms with Gasteiger partial charge in [-0.1, -0.05) is 0 Å². The number of carbonyl (C=O) groups is 2. The van der Waals surface area contributed by atoms with E-state index in [1.807, 2.05) is 0 Å². The topological polar surface area (TPSA) is 64.6 Å². The highest BCUT2D eigenvalue weighted by molar-refractivity contribution is 6.04. The minimum absolute atomic E-state index is 0.331. The first-order chi connectivity index (χ1) is 7.76. The lowest BCUT2D eigenvalue weighted by atomic mass is 10.0. The predicted octanol–water partition coefficient (Wildman–Crippen LogP) is 0.651. The molecule has 2 heterocycles. The normalized spacial score (nSPS) is 20.9. The van der Waals surface area contributed by atoms with Gasteiger partial charge in [0.1, 0.15) is 6.29 Å². The average Bonchev–Trinajstić information content (AvgIpc) is 2.88. The molecule has 1 spiro atoms. The number of fused-ring (bicyclic) bond motifs is 2. The number of aldehydes is 1. The Hall–Kier alpha value is -1.72. The highest BCUT2D eigenvalue weighted by Crippen LogP contribution is 2.42. The Morgan fingerprint density at radius 3 is 2.75 bits per heavy atom. The van der Waals surface area contributed by atoms with E-state index in [0.717, 1.165) is 6.29 Å². The summed E-state index contributed by atoms with van der Waals surface area (Å²) in [5.41, 5.74) is 1.71. The molecular formula is C11H9NO4. The standard InChI is InChI=1S/C11H9NO4/c13-6-7-1-2-9-8(5-7)11(10(14)12-9)15-3-4-16-11/h1-2,5-6H,3-4H2,(H,12,14). The van der Waals surface area contributed by atoms with Gasteiger partial charge in [-0.15, -0.1) is 0 Å². The maximum absolute atomic E-state index is 11.8. The lowest BCUT2D eigenvalue weighted by Gasteiger charge is -2.19. The number of amides is 1. The van der Waals surface area contributed by atoms with Crippen LogP contribution in [-0.4, -0.2) is 25.4 Å². The Balaban J connectivity index is 2.18. The fraction of sp³-hybridized carbons (Fsp3) is 0.273. The summed E-state index contributed by atoms with van der Waals surface area (Å²) in [6.45, 7) is 0.746. The van der Waals surface area contributed by atoms with E-state index in [4.69, 9.17) is 9.47 Å². The molecule has 1 amide bonds. The summed E-state index contributed by atoms with van der Waals surface area (Å²) in [5, 5.41) is 2.68. The first kappa shape index (κ1) is 9.50. The highest BCUT2D eigenvalue weighted by atomic mass is 16.7. The number of nitrogens with one attached hydrogen (secondary N) is 1. The van der Waals surface area contributed by atoms with E-state index in [1.54, 1.807) is 18.2 Å². The minimum atomic E-state index is -1.34. The third kappa shape index (κ3) is 1.07. The molecule has 82 valence electrons. The Labute approximate surface area is 91.3 Å². The summed E-state index contributed by atoms with van der Waals surface area (Å²) in [6, 6.07) is 4.93. The largest absolute Gasteiger partial charge is 0.336 e. The predicted molar refractivity (Wildman–Crippen MR) is 54.0 cm³/mol. The molecule has 0 aliphatic carbocycles. The zero-order chi connectivity index (χ0) is 11.2. The van der Waals surface area contributed by atoms with Crippen LogP contribution in [0.4, 0.5) is 5.69 Å². The summed E-state index contributed by atoms with van der Waals surface area (Å²) < 4.78 is 10.8.